The van der Waals surface area contributed by atoms with Gasteiger partial charge in [0.05, 0.1) is 23.4 Å². The van der Waals surface area contributed by atoms with Crippen molar-refractivity contribution in [2.75, 3.05) is 13.7 Å². The molecule has 0 saturated carbocycles. The number of ether oxygens (including phenoxy) is 2. The summed E-state index contributed by atoms with van der Waals surface area (Å²) >= 11 is 5.86. The summed E-state index contributed by atoms with van der Waals surface area (Å²) in [7, 11) is 1.23. The van der Waals surface area contributed by atoms with E-state index in [1.807, 2.05) is 0 Å². The molecule has 2 unspecified atom stereocenters. The van der Waals surface area contributed by atoms with E-state index in [1.54, 1.807) is 13.0 Å². The van der Waals surface area contributed by atoms with Crippen LogP contribution >= 0.6 is 11.6 Å². The Hall–Kier alpha value is -2.21. The lowest BCUT2D eigenvalue weighted by molar-refractivity contribution is -0.143. The second-order valence-corrected chi connectivity index (χ2v) is 5.72. The van der Waals surface area contributed by atoms with Crippen molar-refractivity contribution in [2.24, 2.45) is 10.9 Å². The molecule has 23 heavy (non-hydrogen) atoms. The fourth-order valence-corrected chi connectivity index (χ4v) is 3.21. The first-order valence-electron chi connectivity index (χ1n) is 6.92. The van der Waals surface area contributed by atoms with E-state index >= 15 is 0 Å². The Labute approximate surface area is 136 Å². The van der Waals surface area contributed by atoms with Gasteiger partial charge in [0, 0.05) is 11.6 Å². The van der Waals surface area contributed by atoms with Crippen molar-refractivity contribution >= 4 is 29.3 Å². The van der Waals surface area contributed by atoms with E-state index in [9.17, 15) is 14.0 Å². The van der Waals surface area contributed by atoms with E-state index in [2.05, 4.69) is 4.99 Å². The van der Waals surface area contributed by atoms with Gasteiger partial charge in [-0.3, -0.25) is 9.79 Å². The minimum Gasteiger partial charge on any atom is -0.468 e. The fourth-order valence-electron chi connectivity index (χ4n) is 3.03. The first-order chi connectivity index (χ1) is 11.0. The van der Waals surface area contributed by atoms with Gasteiger partial charge >= 0.3 is 11.9 Å². The SMILES string of the molecule is COC(=O)C1C(C)=NC2=C(C(=O)OC2)C1c1cccc(Cl)c1F. The molecule has 0 spiro atoms. The van der Waals surface area contributed by atoms with Crippen molar-refractivity contribution in [2.45, 2.75) is 12.8 Å². The molecule has 0 bridgehead atoms. The molecule has 0 saturated heterocycles. The van der Waals surface area contributed by atoms with Crippen molar-refractivity contribution in [3.8, 4) is 0 Å². The summed E-state index contributed by atoms with van der Waals surface area (Å²) in [6.07, 6.45) is 0. The number of hydrogen-bond donors (Lipinski definition) is 0. The third kappa shape index (κ3) is 2.43. The lowest BCUT2D eigenvalue weighted by atomic mass is 9.76. The maximum atomic E-state index is 14.5. The summed E-state index contributed by atoms with van der Waals surface area (Å²) in [4.78, 5) is 28.6. The molecular formula is C16H13ClFNO4. The van der Waals surface area contributed by atoms with Gasteiger partial charge in [-0.15, -0.1) is 0 Å². The molecule has 0 fully saturated rings. The standard InChI is InChI=1S/C16H13ClFNO4/c1-7-11(15(20)22-2)12(8-4-3-5-9(17)14(8)18)13-10(19-7)6-23-16(13)21/h3-5,11-12H,6H2,1-2H3. The van der Waals surface area contributed by atoms with Gasteiger partial charge in [0.25, 0.3) is 0 Å². The topological polar surface area (TPSA) is 65.0 Å². The molecule has 1 aromatic carbocycles. The molecule has 0 amide bonds. The zero-order valence-corrected chi connectivity index (χ0v) is 13.2. The Morgan fingerprint density at radius 3 is 2.91 bits per heavy atom. The molecule has 2 atom stereocenters. The molecule has 0 radical (unpaired) electrons. The van der Waals surface area contributed by atoms with Gasteiger partial charge in [0.2, 0.25) is 0 Å². The molecule has 2 heterocycles. The number of hydrogen-bond acceptors (Lipinski definition) is 5. The van der Waals surface area contributed by atoms with Crippen LogP contribution in [-0.4, -0.2) is 31.4 Å². The molecule has 5 nitrogen and oxygen atoms in total. The van der Waals surface area contributed by atoms with Gasteiger partial charge in [-0.05, 0) is 18.6 Å². The van der Waals surface area contributed by atoms with E-state index in [0.717, 1.165) is 0 Å². The maximum Gasteiger partial charge on any atom is 0.337 e. The van der Waals surface area contributed by atoms with Gasteiger partial charge in [-0.25, -0.2) is 9.18 Å². The number of carbonyl (C=O) groups is 2. The van der Waals surface area contributed by atoms with Crippen molar-refractivity contribution in [3.05, 3.63) is 45.9 Å². The highest BCUT2D eigenvalue weighted by atomic mass is 35.5. The Kier molecular flexibility index (Phi) is 3.93. The first kappa shape index (κ1) is 15.7. The lowest BCUT2D eigenvalue weighted by Crippen LogP contribution is -2.35. The van der Waals surface area contributed by atoms with E-state index in [4.69, 9.17) is 21.1 Å². The summed E-state index contributed by atoms with van der Waals surface area (Å²) in [6.45, 7) is 1.65. The van der Waals surface area contributed by atoms with E-state index in [0.29, 0.717) is 11.4 Å². The average molecular weight is 338 g/mol. The highest BCUT2D eigenvalue weighted by Gasteiger charge is 2.46. The van der Waals surface area contributed by atoms with Crippen LogP contribution in [0.3, 0.4) is 0 Å². The monoisotopic (exact) mass is 337 g/mol. The molecule has 2 aliphatic rings. The van der Waals surface area contributed by atoms with Gasteiger partial charge < -0.3 is 9.47 Å². The number of methoxy groups -OCH3 is 1. The van der Waals surface area contributed by atoms with Crippen molar-refractivity contribution < 1.29 is 23.5 Å². The molecule has 3 rings (SSSR count). The van der Waals surface area contributed by atoms with Gasteiger partial charge in [-0.2, -0.15) is 0 Å². The minimum absolute atomic E-state index is 0.0120. The molecule has 1 aromatic rings. The number of cyclic esters (lactones) is 1. The Morgan fingerprint density at radius 2 is 2.22 bits per heavy atom. The smallest absolute Gasteiger partial charge is 0.337 e. The highest BCUT2D eigenvalue weighted by molar-refractivity contribution is 6.30. The van der Waals surface area contributed by atoms with Crippen molar-refractivity contribution in [1.29, 1.82) is 0 Å². The summed E-state index contributed by atoms with van der Waals surface area (Å²) < 4.78 is 24.4. The predicted molar refractivity (Wildman–Crippen MR) is 80.8 cm³/mol. The molecule has 0 N–H and O–H groups in total. The molecule has 120 valence electrons. The van der Waals surface area contributed by atoms with Crippen LogP contribution in [0.2, 0.25) is 5.02 Å². The second kappa shape index (κ2) is 5.77. The molecule has 0 aliphatic carbocycles. The van der Waals surface area contributed by atoms with Crippen LogP contribution in [-0.2, 0) is 19.1 Å². The van der Waals surface area contributed by atoms with E-state index in [1.165, 1.54) is 19.2 Å². The number of nitrogens with zero attached hydrogens (tertiary/aromatic N) is 1. The summed E-state index contributed by atoms with van der Waals surface area (Å²) in [5.74, 6) is -3.65. The van der Waals surface area contributed by atoms with Crippen LogP contribution < -0.4 is 0 Å². The largest absolute Gasteiger partial charge is 0.468 e. The van der Waals surface area contributed by atoms with Gasteiger partial charge in [-0.1, -0.05) is 23.7 Å². The van der Waals surface area contributed by atoms with Crippen LogP contribution in [0.15, 0.2) is 34.5 Å². The average Bonchev–Trinajstić information content (AvgIpc) is 2.89. The number of carbonyl (C=O) groups excluding carboxylic acids is 2. The number of aliphatic imine (C=N–C) groups is 1. The third-order valence-electron chi connectivity index (χ3n) is 4.05. The quantitative estimate of drug-likeness (QED) is 0.778. The lowest BCUT2D eigenvalue weighted by Gasteiger charge is -2.29. The number of rotatable bonds is 2. The van der Waals surface area contributed by atoms with Crippen LogP contribution in [0.4, 0.5) is 4.39 Å². The van der Waals surface area contributed by atoms with Gasteiger partial charge in [0.15, 0.2) is 0 Å². The van der Waals surface area contributed by atoms with Crippen LogP contribution in [0.25, 0.3) is 0 Å². The summed E-state index contributed by atoms with van der Waals surface area (Å²) in [5.41, 5.74) is 1.19. The number of benzene rings is 1. The van der Waals surface area contributed by atoms with E-state index < -0.39 is 29.6 Å². The Bertz CT molecular complexity index is 771. The zero-order valence-electron chi connectivity index (χ0n) is 12.4. The second-order valence-electron chi connectivity index (χ2n) is 5.31. The van der Waals surface area contributed by atoms with Crippen LogP contribution in [0, 0.1) is 11.7 Å². The van der Waals surface area contributed by atoms with Crippen LogP contribution in [0.5, 0.6) is 0 Å². The Morgan fingerprint density at radius 1 is 1.48 bits per heavy atom. The fraction of sp³-hybridized carbons (Fsp3) is 0.312. The normalized spacial score (nSPS) is 23.3. The van der Waals surface area contributed by atoms with Crippen LogP contribution in [0.1, 0.15) is 18.4 Å². The molecular weight excluding hydrogens is 325 g/mol. The maximum absolute atomic E-state index is 14.5. The number of halogens is 2. The van der Waals surface area contributed by atoms with Gasteiger partial charge in [0.1, 0.15) is 18.3 Å². The zero-order chi connectivity index (χ0) is 16.7. The first-order valence-corrected chi connectivity index (χ1v) is 7.30. The third-order valence-corrected chi connectivity index (χ3v) is 4.34. The highest BCUT2D eigenvalue weighted by Crippen LogP contribution is 2.43. The van der Waals surface area contributed by atoms with E-state index in [-0.39, 0.29) is 22.8 Å². The van der Waals surface area contributed by atoms with Crippen molar-refractivity contribution in [1.82, 2.24) is 0 Å². The molecule has 2 aliphatic heterocycles. The number of esters is 2. The molecule has 7 heteroatoms. The summed E-state index contributed by atoms with van der Waals surface area (Å²) in [6, 6.07) is 4.47. The van der Waals surface area contributed by atoms with Crippen molar-refractivity contribution in [3.63, 3.8) is 0 Å². The summed E-state index contributed by atoms with van der Waals surface area (Å²) in [5, 5.41) is -0.0835. The predicted octanol–water partition coefficient (Wildman–Crippen LogP) is 2.64. The minimum atomic E-state index is -0.905. The molecule has 0 aromatic heterocycles. The Balaban J connectivity index is 2.23.